The van der Waals surface area contributed by atoms with Gasteiger partial charge in [0.2, 0.25) is 0 Å². The van der Waals surface area contributed by atoms with Gasteiger partial charge in [-0.15, -0.1) is 0 Å². The molecule has 1 aliphatic rings. The fraction of sp³-hybridized carbons (Fsp3) is 0.692. The molecule has 1 atom stereocenters. The van der Waals surface area contributed by atoms with Gasteiger partial charge in [0.05, 0.1) is 0 Å². The van der Waals surface area contributed by atoms with Gasteiger partial charge in [0, 0.05) is 5.92 Å². The number of halogens is 1. The second-order valence-electron chi connectivity index (χ2n) is 5.00. The van der Waals surface area contributed by atoms with Crippen molar-refractivity contribution in [3.8, 4) is 0 Å². The molecule has 1 unspecified atom stereocenters. The first kappa shape index (κ1) is 12.0. The quantitative estimate of drug-likeness (QED) is 0.874. The fourth-order valence-electron chi connectivity index (χ4n) is 2.82. The van der Waals surface area contributed by atoms with Crippen LogP contribution in [0.2, 0.25) is 5.22 Å². The number of rotatable bonds is 3. The van der Waals surface area contributed by atoms with E-state index in [4.69, 9.17) is 16.0 Å². The molecule has 1 fully saturated rings. The van der Waals surface area contributed by atoms with Crippen molar-refractivity contribution in [1.82, 2.24) is 5.32 Å². The maximum Gasteiger partial charge on any atom is 0.193 e. The molecular weight excluding hydrogens is 222 g/mol. The maximum absolute atomic E-state index is 5.87. The Morgan fingerprint density at radius 2 is 2.00 bits per heavy atom. The monoisotopic (exact) mass is 241 g/mol. The zero-order valence-corrected chi connectivity index (χ0v) is 10.8. The van der Waals surface area contributed by atoms with Crippen molar-refractivity contribution in [3.05, 3.63) is 23.1 Å². The summed E-state index contributed by atoms with van der Waals surface area (Å²) in [6.07, 6.45) is 2.47. The summed E-state index contributed by atoms with van der Waals surface area (Å²) in [5, 5.41) is 3.92. The summed E-state index contributed by atoms with van der Waals surface area (Å²) in [6.45, 7) is 6.79. The molecule has 1 aliphatic heterocycles. The molecule has 1 aromatic heterocycles. The van der Waals surface area contributed by atoms with E-state index in [-0.39, 0.29) is 0 Å². The molecule has 1 saturated heterocycles. The highest BCUT2D eigenvalue weighted by atomic mass is 35.5. The zero-order valence-electron chi connectivity index (χ0n) is 10.0. The highest BCUT2D eigenvalue weighted by molar-refractivity contribution is 6.28. The van der Waals surface area contributed by atoms with Gasteiger partial charge in [-0.2, -0.15) is 0 Å². The number of piperidine rings is 1. The van der Waals surface area contributed by atoms with Crippen molar-refractivity contribution in [2.45, 2.75) is 32.6 Å². The molecule has 0 bridgehead atoms. The molecule has 3 heteroatoms. The van der Waals surface area contributed by atoms with Crippen LogP contribution >= 0.6 is 11.6 Å². The van der Waals surface area contributed by atoms with E-state index < -0.39 is 0 Å². The van der Waals surface area contributed by atoms with Gasteiger partial charge in [-0.3, -0.25) is 0 Å². The van der Waals surface area contributed by atoms with Crippen molar-refractivity contribution in [2.75, 3.05) is 13.1 Å². The Kier molecular flexibility index (Phi) is 3.93. The molecule has 1 N–H and O–H groups in total. The number of nitrogens with one attached hydrogen (secondary N) is 1. The molecule has 2 heterocycles. The molecular formula is C13H20ClNO. The van der Waals surface area contributed by atoms with Crippen molar-refractivity contribution in [3.63, 3.8) is 0 Å². The van der Waals surface area contributed by atoms with Gasteiger partial charge in [0.1, 0.15) is 5.76 Å². The van der Waals surface area contributed by atoms with Crippen LogP contribution in [0.15, 0.2) is 16.5 Å². The minimum absolute atomic E-state index is 0.509. The van der Waals surface area contributed by atoms with Crippen LogP contribution in [0, 0.1) is 11.8 Å². The number of hydrogen-bond acceptors (Lipinski definition) is 2. The summed E-state index contributed by atoms with van der Waals surface area (Å²) in [4.78, 5) is 0. The van der Waals surface area contributed by atoms with Gasteiger partial charge < -0.3 is 9.73 Å². The Balaban J connectivity index is 2.16. The van der Waals surface area contributed by atoms with Crippen molar-refractivity contribution < 1.29 is 4.42 Å². The molecule has 0 aromatic carbocycles. The lowest BCUT2D eigenvalue weighted by molar-refractivity contribution is 0.242. The second kappa shape index (κ2) is 5.24. The molecule has 2 nitrogen and oxygen atoms in total. The van der Waals surface area contributed by atoms with Gasteiger partial charge in [-0.05, 0) is 61.5 Å². The molecule has 0 spiro atoms. The van der Waals surface area contributed by atoms with E-state index in [1.54, 1.807) is 0 Å². The van der Waals surface area contributed by atoms with Crippen LogP contribution in [0.5, 0.6) is 0 Å². The molecule has 16 heavy (non-hydrogen) atoms. The van der Waals surface area contributed by atoms with Crippen molar-refractivity contribution >= 4 is 11.6 Å². The van der Waals surface area contributed by atoms with Crippen LogP contribution in [-0.2, 0) is 0 Å². The predicted octanol–water partition coefficient (Wildman–Crippen LogP) is 3.67. The van der Waals surface area contributed by atoms with Crippen LogP contribution in [0.1, 0.15) is 38.4 Å². The first-order chi connectivity index (χ1) is 7.68. The third kappa shape index (κ3) is 2.61. The third-order valence-corrected chi connectivity index (χ3v) is 3.74. The van der Waals surface area contributed by atoms with E-state index in [0.29, 0.717) is 17.1 Å². The highest BCUT2D eigenvalue weighted by Crippen LogP contribution is 2.38. The SMILES string of the molecule is CC(C)C(c1ccc(Cl)o1)C1CCNCC1. The number of furan rings is 1. The van der Waals surface area contributed by atoms with Crippen LogP contribution in [0.4, 0.5) is 0 Å². The van der Waals surface area contributed by atoms with E-state index in [2.05, 4.69) is 19.2 Å². The van der Waals surface area contributed by atoms with Gasteiger partial charge in [0.25, 0.3) is 0 Å². The van der Waals surface area contributed by atoms with E-state index >= 15 is 0 Å². The Labute approximate surface area is 102 Å². The first-order valence-corrected chi connectivity index (χ1v) is 6.52. The van der Waals surface area contributed by atoms with Gasteiger partial charge in [0.15, 0.2) is 5.22 Å². The average Bonchev–Trinajstić information content (AvgIpc) is 2.66. The minimum atomic E-state index is 0.509. The van der Waals surface area contributed by atoms with E-state index in [0.717, 1.165) is 24.8 Å². The van der Waals surface area contributed by atoms with Crippen LogP contribution in [0.3, 0.4) is 0 Å². The normalized spacial score (nSPS) is 20.2. The molecule has 0 saturated carbocycles. The van der Waals surface area contributed by atoms with E-state index in [1.807, 2.05) is 12.1 Å². The van der Waals surface area contributed by atoms with E-state index in [1.165, 1.54) is 12.8 Å². The van der Waals surface area contributed by atoms with Crippen LogP contribution in [0.25, 0.3) is 0 Å². The minimum Gasteiger partial charge on any atom is -0.449 e. The highest BCUT2D eigenvalue weighted by Gasteiger charge is 2.29. The standard InChI is InChI=1S/C13H20ClNO/c1-9(2)13(10-5-7-15-8-6-10)11-3-4-12(14)16-11/h3-4,9-10,13,15H,5-8H2,1-2H3. The molecule has 0 amide bonds. The lowest BCUT2D eigenvalue weighted by atomic mass is 9.77. The molecule has 2 rings (SSSR count). The van der Waals surface area contributed by atoms with Crippen molar-refractivity contribution in [2.24, 2.45) is 11.8 Å². The Hall–Kier alpha value is -0.470. The van der Waals surface area contributed by atoms with Crippen molar-refractivity contribution in [1.29, 1.82) is 0 Å². The summed E-state index contributed by atoms with van der Waals surface area (Å²) < 4.78 is 5.61. The Morgan fingerprint density at radius 3 is 2.50 bits per heavy atom. The van der Waals surface area contributed by atoms with Crippen LogP contribution < -0.4 is 5.32 Å². The summed E-state index contributed by atoms with van der Waals surface area (Å²) >= 11 is 5.87. The largest absolute Gasteiger partial charge is 0.449 e. The third-order valence-electron chi connectivity index (χ3n) is 3.53. The van der Waals surface area contributed by atoms with Crippen LogP contribution in [-0.4, -0.2) is 13.1 Å². The molecule has 0 radical (unpaired) electrons. The average molecular weight is 242 g/mol. The molecule has 90 valence electrons. The Morgan fingerprint density at radius 1 is 1.31 bits per heavy atom. The lowest BCUT2D eigenvalue weighted by Crippen LogP contribution is -2.32. The van der Waals surface area contributed by atoms with E-state index in [9.17, 15) is 0 Å². The first-order valence-electron chi connectivity index (χ1n) is 6.14. The summed E-state index contributed by atoms with van der Waals surface area (Å²) in [5.74, 6) is 2.90. The molecule has 1 aromatic rings. The predicted molar refractivity (Wildman–Crippen MR) is 66.9 cm³/mol. The topological polar surface area (TPSA) is 25.2 Å². The summed E-state index contributed by atoms with van der Waals surface area (Å²) in [7, 11) is 0. The van der Waals surface area contributed by atoms with Gasteiger partial charge in [-0.25, -0.2) is 0 Å². The fourth-order valence-corrected chi connectivity index (χ4v) is 2.97. The second-order valence-corrected chi connectivity index (χ2v) is 5.37. The van der Waals surface area contributed by atoms with Gasteiger partial charge >= 0.3 is 0 Å². The summed E-state index contributed by atoms with van der Waals surface area (Å²) in [6, 6.07) is 3.89. The Bertz CT molecular complexity index is 328. The maximum atomic E-state index is 5.87. The molecule has 0 aliphatic carbocycles. The summed E-state index contributed by atoms with van der Waals surface area (Å²) in [5.41, 5.74) is 0. The van der Waals surface area contributed by atoms with Gasteiger partial charge in [-0.1, -0.05) is 13.8 Å². The number of hydrogen-bond donors (Lipinski definition) is 1. The zero-order chi connectivity index (χ0) is 11.5. The lowest BCUT2D eigenvalue weighted by Gasteiger charge is -2.32. The smallest absolute Gasteiger partial charge is 0.193 e.